The van der Waals surface area contributed by atoms with E-state index in [1.165, 1.54) is 0 Å². The molecule has 1 heterocycles. The molecule has 0 aliphatic heterocycles. The molecule has 2 N–H and O–H groups in total. The molecule has 1 aromatic carbocycles. The summed E-state index contributed by atoms with van der Waals surface area (Å²) in [5, 5.41) is 1.55. The molecule has 4 heteroatoms. The van der Waals surface area contributed by atoms with Crippen LogP contribution in [0.25, 0.3) is 10.9 Å². The number of nitrogen functional groups attached to an aromatic ring is 1. The monoisotopic (exact) mass is 298 g/mol. The van der Waals surface area contributed by atoms with Crippen molar-refractivity contribution in [2.45, 2.75) is 20.3 Å². The van der Waals surface area contributed by atoms with Crippen LogP contribution in [0.4, 0.5) is 5.69 Å². The van der Waals surface area contributed by atoms with Crippen LogP contribution < -0.4 is 5.73 Å². The van der Waals surface area contributed by atoms with Crippen molar-refractivity contribution in [2.75, 3.05) is 5.73 Å². The molecule has 0 fully saturated rings. The Kier molecular flexibility index (Phi) is 3.08. The Labute approximate surface area is 108 Å². The lowest BCUT2D eigenvalue weighted by Gasteiger charge is -2.12. The zero-order chi connectivity index (χ0) is 11.9. The smallest absolute Gasteiger partial charge is 0.0923 e. The number of fused-ring (bicyclic) bond motifs is 1. The van der Waals surface area contributed by atoms with Crippen LogP contribution in [0.1, 0.15) is 18.2 Å². The van der Waals surface area contributed by atoms with Crippen LogP contribution >= 0.6 is 27.5 Å². The molecular formula is C12H12BrClN2. The lowest BCUT2D eigenvalue weighted by Crippen LogP contribution is -2.01. The standard InChI is InChI=1S/C12H12BrClN2/c1-3-7-6(2)16-12-9(14)5-4-8(13)10(12)11(7)15/h4-5H,3H2,1-2H3,(H2,15,16). The molecule has 16 heavy (non-hydrogen) atoms. The van der Waals surface area contributed by atoms with Crippen LogP contribution in [0.15, 0.2) is 16.6 Å². The average molecular weight is 300 g/mol. The third-order valence-electron chi connectivity index (χ3n) is 2.74. The van der Waals surface area contributed by atoms with E-state index in [0.29, 0.717) is 5.02 Å². The summed E-state index contributed by atoms with van der Waals surface area (Å²) in [5.74, 6) is 0. The molecule has 2 nitrogen and oxygen atoms in total. The highest BCUT2D eigenvalue weighted by molar-refractivity contribution is 9.10. The third-order valence-corrected chi connectivity index (χ3v) is 3.71. The highest BCUT2D eigenvalue weighted by Gasteiger charge is 2.13. The Bertz CT molecular complexity index is 567. The number of rotatable bonds is 1. The summed E-state index contributed by atoms with van der Waals surface area (Å²) >= 11 is 9.62. The van der Waals surface area contributed by atoms with E-state index >= 15 is 0 Å². The molecule has 0 amide bonds. The van der Waals surface area contributed by atoms with Gasteiger partial charge >= 0.3 is 0 Å². The number of nitrogens with zero attached hydrogens (tertiary/aromatic N) is 1. The van der Waals surface area contributed by atoms with E-state index in [-0.39, 0.29) is 0 Å². The lowest BCUT2D eigenvalue weighted by atomic mass is 10.0. The maximum atomic E-state index is 6.17. The summed E-state index contributed by atoms with van der Waals surface area (Å²) in [6.07, 6.45) is 0.875. The normalized spacial score (nSPS) is 11.0. The average Bonchev–Trinajstić information content (AvgIpc) is 2.24. The van der Waals surface area contributed by atoms with E-state index in [4.69, 9.17) is 17.3 Å². The van der Waals surface area contributed by atoms with Crippen molar-refractivity contribution >= 4 is 44.1 Å². The SMILES string of the molecule is CCc1c(C)nc2c(Cl)ccc(Br)c2c1N. The number of nitrogens with two attached hydrogens (primary N) is 1. The Morgan fingerprint density at radius 3 is 2.75 bits per heavy atom. The van der Waals surface area contributed by atoms with Gasteiger partial charge in [-0.25, -0.2) is 0 Å². The van der Waals surface area contributed by atoms with Crippen molar-refractivity contribution in [2.24, 2.45) is 0 Å². The summed E-state index contributed by atoms with van der Waals surface area (Å²) in [4.78, 5) is 4.53. The minimum atomic E-state index is 0.635. The summed E-state index contributed by atoms with van der Waals surface area (Å²) in [7, 11) is 0. The topological polar surface area (TPSA) is 38.9 Å². The minimum absolute atomic E-state index is 0.635. The number of aromatic nitrogens is 1. The fourth-order valence-electron chi connectivity index (χ4n) is 1.93. The molecule has 0 aliphatic carbocycles. The second-order valence-corrected chi connectivity index (χ2v) is 4.96. The molecule has 2 aromatic rings. The zero-order valence-electron chi connectivity index (χ0n) is 9.14. The first-order valence-corrected chi connectivity index (χ1v) is 6.26. The Hall–Kier alpha value is -0.800. The summed E-state index contributed by atoms with van der Waals surface area (Å²) in [6, 6.07) is 3.73. The fourth-order valence-corrected chi connectivity index (χ4v) is 2.67. The van der Waals surface area contributed by atoms with Crippen LogP contribution in [0, 0.1) is 6.92 Å². The number of aryl methyl sites for hydroxylation is 1. The van der Waals surface area contributed by atoms with Crippen molar-refractivity contribution in [1.29, 1.82) is 0 Å². The van der Waals surface area contributed by atoms with Gasteiger partial charge in [0.15, 0.2) is 0 Å². The van der Waals surface area contributed by atoms with Crippen LogP contribution in [-0.4, -0.2) is 4.98 Å². The van der Waals surface area contributed by atoms with Crippen LogP contribution in [0.3, 0.4) is 0 Å². The molecular weight excluding hydrogens is 288 g/mol. The van der Waals surface area contributed by atoms with E-state index in [9.17, 15) is 0 Å². The minimum Gasteiger partial charge on any atom is -0.398 e. The van der Waals surface area contributed by atoms with Crippen LogP contribution in [0.5, 0.6) is 0 Å². The zero-order valence-corrected chi connectivity index (χ0v) is 11.5. The van der Waals surface area contributed by atoms with Crippen LogP contribution in [-0.2, 0) is 6.42 Å². The molecule has 0 saturated heterocycles. The largest absolute Gasteiger partial charge is 0.398 e. The maximum Gasteiger partial charge on any atom is 0.0923 e. The van der Waals surface area contributed by atoms with E-state index in [1.807, 2.05) is 19.1 Å². The second kappa shape index (κ2) is 4.22. The molecule has 0 atom stereocenters. The summed E-state index contributed by atoms with van der Waals surface area (Å²) in [5.41, 5.74) is 9.76. The second-order valence-electron chi connectivity index (χ2n) is 3.70. The quantitative estimate of drug-likeness (QED) is 0.861. The van der Waals surface area contributed by atoms with Crippen molar-refractivity contribution in [3.05, 3.63) is 32.9 Å². The molecule has 0 saturated carbocycles. The van der Waals surface area contributed by atoms with Gasteiger partial charge < -0.3 is 5.73 Å². The van der Waals surface area contributed by atoms with Crippen molar-refractivity contribution in [3.63, 3.8) is 0 Å². The molecule has 0 bridgehead atoms. The van der Waals surface area contributed by atoms with E-state index < -0.39 is 0 Å². The van der Waals surface area contributed by atoms with Crippen molar-refractivity contribution < 1.29 is 0 Å². The van der Waals surface area contributed by atoms with Gasteiger partial charge in [0.2, 0.25) is 0 Å². The number of pyridine rings is 1. The van der Waals surface area contributed by atoms with E-state index in [2.05, 4.69) is 27.8 Å². The number of benzene rings is 1. The molecule has 84 valence electrons. The van der Waals surface area contributed by atoms with Crippen molar-refractivity contribution in [1.82, 2.24) is 4.98 Å². The Balaban J connectivity index is 2.98. The van der Waals surface area contributed by atoms with Gasteiger partial charge in [-0.2, -0.15) is 0 Å². The maximum absolute atomic E-state index is 6.17. The predicted molar refractivity (Wildman–Crippen MR) is 73.0 cm³/mol. The lowest BCUT2D eigenvalue weighted by molar-refractivity contribution is 1.07. The molecule has 0 unspecified atom stereocenters. The van der Waals surface area contributed by atoms with Gasteiger partial charge in [-0.1, -0.05) is 34.5 Å². The van der Waals surface area contributed by atoms with Gasteiger partial charge in [0.1, 0.15) is 0 Å². The first kappa shape index (κ1) is 11.7. The predicted octanol–water partition coefficient (Wildman–Crippen LogP) is 4.10. The molecule has 1 aromatic heterocycles. The Morgan fingerprint density at radius 2 is 2.12 bits per heavy atom. The number of anilines is 1. The number of halogens is 2. The van der Waals surface area contributed by atoms with E-state index in [0.717, 1.165) is 38.7 Å². The number of hydrogen-bond donors (Lipinski definition) is 1. The molecule has 0 spiro atoms. The van der Waals surface area contributed by atoms with Gasteiger partial charge in [0.25, 0.3) is 0 Å². The van der Waals surface area contributed by atoms with Gasteiger partial charge in [0.05, 0.1) is 10.5 Å². The fraction of sp³-hybridized carbons (Fsp3) is 0.250. The first-order chi connectivity index (χ1) is 7.56. The number of hydrogen-bond acceptors (Lipinski definition) is 2. The molecule has 0 radical (unpaired) electrons. The highest BCUT2D eigenvalue weighted by Crippen LogP contribution is 2.35. The van der Waals surface area contributed by atoms with Gasteiger partial charge in [-0.15, -0.1) is 0 Å². The summed E-state index contributed by atoms with van der Waals surface area (Å²) < 4.78 is 0.937. The van der Waals surface area contributed by atoms with Crippen molar-refractivity contribution in [3.8, 4) is 0 Å². The molecule has 0 aliphatic rings. The molecule has 2 rings (SSSR count). The van der Waals surface area contributed by atoms with Crippen LogP contribution in [0.2, 0.25) is 5.02 Å². The third kappa shape index (κ3) is 1.68. The highest BCUT2D eigenvalue weighted by atomic mass is 79.9. The first-order valence-electron chi connectivity index (χ1n) is 5.09. The summed E-state index contributed by atoms with van der Waals surface area (Å²) in [6.45, 7) is 4.04. The Morgan fingerprint density at radius 1 is 1.44 bits per heavy atom. The van der Waals surface area contributed by atoms with Gasteiger partial charge in [0, 0.05) is 21.2 Å². The van der Waals surface area contributed by atoms with E-state index in [1.54, 1.807) is 0 Å². The van der Waals surface area contributed by atoms with Gasteiger partial charge in [-0.05, 0) is 31.0 Å². The van der Waals surface area contributed by atoms with Gasteiger partial charge in [-0.3, -0.25) is 4.98 Å².